The van der Waals surface area contributed by atoms with Crippen LogP contribution in [0.5, 0.6) is 0 Å². The average Bonchev–Trinajstić information content (AvgIpc) is 2.84. The zero-order valence-electron chi connectivity index (χ0n) is 10.8. The minimum atomic E-state index is 0.0886. The van der Waals surface area contributed by atoms with Gasteiger partial charge in [0.15, 0.2) is 0 Å². The highest BCUT2D eigenvalue weighted by atomic mass is 16.5. The molecule has 2 N–H and O–H groups in total. The molecule has 0 spiro atoms. The second kappa shape index (κ2) is 6.52. The van der Waals surface area contributed by atoms with Gasteiger partial charge in [0.1, 0.15) is 0 Å². The highest BCUT2D eigenvalue weighted by Gasteiger charge is 2.10. The van der Waals surface area contributed by atoms with Crippen LogP contribution in [0.4, 0.5) is 0 Å². The summed E-state index contributed by atoms with van der Waals surface area (Å²) in [5, 5.41) is 6.25. The van der Waals surface area contributed by atoms with Gasteiger partial charge < -0.3 is 15.4 Å². The van der Waals surface area contributed by atoms with E-state index in [0.29, 0.717) is 19.6 Å². The molecule has 1 aromatic rings. The number of carbonyl (C=O) groups is 1. The third-order valence-corrected chi connectivity index (χ3v) is 3.14. The van der Waals surface area contributed by atoms with Crippen molar-refractivity contribution in [3.05, 3.63) is 34.9 Å². The molecule has 0 aromatic heterocycles. The average molecular weight is 248 g/mol. The topological polar surface area (TPSA) is 50.4 Å². The van der Waals surface area contributed by atoms with Gasteiger partial charge in [-0.1, -0.05) is 18.2 Å². The number of fused-ring (bicyclic) bond motifs is 1. The predicted molar refractivity (Wildman–Crippen MR) is 69.9 cm³/mol. The Morgan fingerprint density at radius 3 is 3.06 bits per heavy atom. The molecule has 0 aliphatic carbocycles. The van der Waals surface area contributed by atoms with E-state index in [1.807, 2.05) is 0 Å². The molecule has 4 heteroatoms. The quantitative estimate of drug-likeness (QED) is 0.747. The van der Waals surface area contributed by atoms with Gasteiger partial charge in [0.05, 0.1) is 0 Å². The molecule has 0 fully saturated rings. The molecule has 0 saturated heterocycles. The van der Waals surface area contributed by atoms with Crippen LogP contribution in [-0.2, 0) is 29.2 Å². The summed E-state index contributed by atoms with van der Waals surface area (Å²) in [6.07, 6.45) is 1.30. The van der Waals surface area contributed by atoms with Gasteiger partial charge >= 0.3 is 0 Å². The zero-order chi connectivity index (χ0) is 12.8. The van der Waals surface area contributed by atoms with Crippen molar-refractivity contribution in [1.29, 1.82) is 0 Å². The molecule has 1 aliphatic rings. The minimum Gasteiger partial charge on any atom is -0.385 e. The first-order valence-corrected chi connectivity index (χ1v) is 6.36. The van der Waals surface area contributed by atoms with Crippen LogP contribution in [-0.4, -0.2) is 19.6 Å². The van der Waals surface area contributed by atoms with Crippen molar-refractivity contribution in [3.8, 4) is 0 Å². The molecule has 0 unspecified atom stereocenters. The van der Waals surface area contributed by atoms with Crippen molar-refractivity contribution in [3.63, 3.8) is 0 Å². The molecule has 1 amide bonds. The molecule has 1 heterocycles. The first-order chi connectivity index (χ1) is 8.79. The number of hydrogen-bond acceptors (Lipinski definition) is 3. The highest BCUT2D eigenvalue weighted by molar-refractivity contribution is 5.75. The fourth-order valence-electron chi connectivity index (χ4n) is 2.12. The second-order valence-electron chi connectivity index (χ2n) is 4.58. The second-order valence-corrected chi connectivity index (χ2v) is 4.58. The maximum absolute atomic E-state index is 11.5. The first-order valence-electron chi connectivity index (χ1n) is 6.36. The lowest BCUT2D eigenvalue weighted by atomic mass is 10.1. The van der Waals surface area contributed by atoms with Crippen LogP contribution >= 0.6 is 0 Å². The van der Waals surface area contributed by atoms with Crippen molar-refractivity contribution in [1.82, 2.24) is 10.6 Å². The van der Waals surface area contributed by atoms with Crippen LogP contribution in [0.3, 0.4) is 0 Å². The number of benzene rings is 1. The maximum atomic E-state index is 11.5. The van der Waals surface area contributed by atoms with E-state index in [9.17, 15) is 4.79 Å². The number of carbonyl (C=O) groups excluding carboxylic acids is 1. The van der Waals surface area contributed by atoms with E-state index in [0.717, 1.165) is 25.1 Å². The van der Waals surface area contributed by atoms with Crippen LogP contribution in [0.25, 0.3) is 0 Å². The minimum absolute atomic E-state index is 0.0886. The predicted octanol–water partition coefficient (Wildman–Crippen LogP) is 1.33. The lowest BCUT2D eigenvalue weighted by Crippen LogP contribution is -2.22. The van der Waals surface area contributed by atoms with Crippen LogP contribution in [0.2, 0.25) is 0 Å². The molecule has 18 heavy (non-hydrogen) atoms. The Bertz CT molecular complexity index is 418. The summed E-state index contributed by atoms with van der Waals surface area (Å²) in [5.74, 6) is 0.0886. The van der Waals surface area contributed by atoms with Gasteiger partial charge in [-0.2, -0.15) is 0 Å². The normalized spacial score (nSPS) is 13.4. The number of rotatable bonds is 6. The number of amides is 1. The molecule has 4 nitrogen and oxygen atoms in total. The fourth-order valence-corrected chi connectivity index (χ4v) is 2.12. The van der Waals surface area contributed by atoms with E-state index in [1.54, 1.807) is 7.11 Å². The molecular formula is C14H20N2O2. The highest BCUT2D eigenvalue weighted by Crippen LogP contribution is 2.16. The van der Waals surface area contributed by atoms with Gasteiger partial charge in [-0.3, -0.25) is 4.79 Å². The molecule has 0 saturated carbocycles. The van der Waals surface area contributed by atoms with Crippen LogP contribution in [0.1, 0.15) is 29.5 Å². The largest absolute Gasteiger partial charge is 0.385 e. The van der Waals surface area contributed by atoms with E-state index in [4.69, 9.17) is 4.74 Å². The van der Waals surface area contributed by atoms with Crippen molar-refractivity contribution in [2.75, 3.05) is 13.7 Å². The zero-order valence-corrected chi connectivity index (χ0v) is 10.8. The van der Waals surface area contributed by atoms with Crippen molar-refractivity contribution < 1.29 is 9.53 Å². The SMILES string of the molecule is COCCCC(=O)NCc1ccc2c(c1)CNC2. The number of ether oxygens (including phenoxy) is 1. The number of nitrogens with one attached hydrogen (secondary N) is 2. The first kappa shape index (κ1) is 13.1. The molecule has 0 radical (unpaired) electrons. The van der Waals surface area contributed by atoms with Gasteiger partial charge in [0, 0.05) is 39.8 Å². The summed E-state index contributed by atoms with van der Waals surface area (Å²) in [6.45, 7) is 3.14. The Hall–Kier alpha value is -1.39. The van der Waals surface area contributed by atoms with Crippen molar-refractivity contribution >= 4 is 5.91 Å². The van der Waals surface area contributed by atoms with E-state index < -0.39 is 0 Å². The third-order valence-electron chi connectivity index (χ3n) is 3.14. The third kappa shape index (κ3) is 3.55. The van der Waals surface area contributed by atoms with E-state index in [2.05, 4.69) is 28.8 Å². The lowest BCUT2D eigenvalue weighted by Gasteiger charge is -2.07. The fraction of sp³-hybridized carbons (Fsp3) is 0.500. The monoisotopic (exact) mass is 248 g/mol. The molecular weight excluding hydrogens is 228 g/mol. The van der Waals surface area contributed by atoms with E-state index in [-0.39, 0.29) is 5.91 Å². The van der Waals surface area contributed by atoms with Gasteiger partial charge in [-0.05, 0) is 23.1 Å². The molecule has 98 valence electrons. The summed E-state index contributed by atoms with van der Waals surface area (Å²) in [5.41, 5.74) is 3.88. The van der Waals surface area contributed by atoms with Crippen LogP contribution in [0.15, 0.2) is 18.2 Å². The maximum Gasteiger partial charge on any atom is 0.220 e. The van der Waals surface area contributed by atoms with Gasteiger partial charge in [-0.25, -0.2) is 0 Å². The van der Waals surface area contributed by atoms with Crippen LogP contribution in [0, 0.1) is 0 Å². The molecule has 2 rings (SSSR count). The molecule has 1 aliphatic heterocycles. The number of methoxy groups -OCH3 is 1. The Morgan fingerprint density at radius 1 is 1.39 bits per heavy atom. The Morgan fingerprint density at radius 2 is 2.22 bits per heavy atom. The van der Waals surface area contributed by atoms with Gasteiger partial charge in [-0.15, -0.1) is 0 Å². The lowest BCUT2D eigenvalue weighted by molar-refractivity contribution is -0.121. The summed E-state index contributed by atoms with van der Waals surface area (Å²) < 4.78 is 4.92. The van der Waals surface area contributed by atoms with E-state index in [1.165, 1.54) is 11.1 Å². The van der Waals surface area contributed by atoms with E-state index >= 15 is 0 Å². The molecule has 0 bridgehead atoms. The summed E-state index contributed by atoms with van der Waals surface area (Å²) in [7, 11) is 1.65. The van der Waals surface area contributed by atoms with Crippen molar-refractivity contribution in [2.45, 2.75) is 32.5 Å². The Kier molecular flexibility index (Phi) is 4.73. The van der Waals surface area contributed by atoms with Gasteiger partial charge in [0.25, 0.3) is 0 Å². The van der Waals surface area contributed by atoms with Crippen molar-refractivity contribution in [2.24, 2.45) is 0 Å². The smallest absolute Gasteiger partial charge is 0.220 e. The summed E-state index contributed by atoms with van der Waals surface area (Å²) >= 11 is 0. The standard InChI is InChI=1S/C14H20N2O2/c1-18-6-2-3-14(17)16-8-11-4-5-12-9-15-10-13(12)7-11/h4-5,7,15H,2-3,6,8-10H2,1H3,(H,16,17). The number of hydrogen-bond donors (Lipinski definition) is 2. The summed E-state index contributed by atoms with van der Waals surface area (Å²) in [4.78, 5) is 11.5. The molecule has 0 atom stereocenters. The van der Waals surface area contributed by atoms with Gasteiger partial charge in [0.2, 0.25) is 5.91 Å². The Balaban J connectivity index is 1.78. The molecule has 1 aromatic carbocycles. The Labute approximate surface area is 108 Å². The van der Waals surface area contributed by atoms with Crippen LogP contribution < -0.4 is 10.6 Å². The summed E-state index contributed by atoms with van der Waals surface area (Å²) in [6, 6.07) is 6.40.